The van der Waals surface area contributed by atoms with Gasteiger partial charge >= 0.3 is 0 Å². The van der Waals surface area contributed by atoms with E-state index in [9.17, 15) is 5.11 Å². The van der Waals surface area contributed by atoms with Crippen molar-refractivity contribution in [2.75, 3.05) is 18.0 Å². The van der Waals surface area contributed by atoms with Gasteiger partial charge in [0.05, 0.1) is 6.61 Å². The molecule has 1 aliphatic carbocycles. The van der Waals surface area contributed by atoms with Crippen LogP contribution in [-0.2, 0) is 6.61 Å². The van der Waals surface area contributed by atoms with E-state index in [4.69, 9.17) is 0 Å². The number of nitrogens with zero attached hydrogens (tertiary/aromatic N) is 2. The van der Waals surface area contributed by atoms with Crippen LogP contribution in [0.3, 0.4) is 0 Å². The summed E-state index contributed by atoms with van der Waals surface area (Å²) in [5.41, 5.74) is 0.907. The van der Waals surface area contributed by atoms with Crippen molar-refractivity contribution in [1.82, 2.24) is 4.98 Å². The average molecular weight is 270 g/mol. The minimum absolute atomic E-state index is 0.0442. The van der Waals surface area contributed by atoms with Crippen LogP contribution >= 0.6 is 0 Å². The van der Waals surface area contributed by atoms with Gasteiger partial charge in [0.2, 0.25) is 0 Å². The second-order valence-electron chi connectivity index (χ2n) is 5.65. The molecule has 1 aliphatic rings. The van der Waals surface area contributed by atoms with Crippen LogP contribution in [0.4, 0.5) is 5.82 Å². The Labute approximate surface area is 120 Å². The second kappa shape index (κ2) is 5.80. The molecule has 1 aromatic carbocycles. The number of hydrogen-bond acceptors (Lipinski definition) is 3. The van der Waals surface area contributed by atoms with Crippen molar-refractivity contribution < 1.29 is 5.11 Å². The maximum absolute atomic E-state index is 9.46. The standard InChI is InChI=1S/C17H22N2O/c1-2-19(11-13-6-5-7-13)17-16-9-4-3-8-15(16)14(12-20)10-18-17/h3-4,8-10,13,20H,2,5-7,11-12H2,1H3. The Kier molecular flexibility index (Phi) is 3.88. The lowest BCUT2D eigenvalue weighted by Crippen LogP contribution is -2.33. The molecular formula is C17H22N2O. The molecule has 0 amide bonds. The highest BCUT2D eigenvalue weighted by Crippen LogP contribution is 2.31. The number of hydrogen-bond donors (Lipinski definition) is 1. The molecule has 106 valence electrons. The summed E-state index contributed by atoms with van der Waals surface area (Å²) in [6.45, 7) is 4.32. The van der Waals surface area contributed by atoms with Crippen molar-refractivity contribution in [3.63, 3.8) is 0 Å². The first-order valence-electron chi connectivity index (χ1n) is 7.56. The highest BCUT2D eigenvalue weighted by atomic mass is 16.3. The van der Waals surface area contributed by atoms with E-state index in [2.05, 4.69) is 28.9 Å². The van der Waals surface area contributed by atoms with Gasteiger partial charge in [-0.3, -0.25) is 0 Å². The molecular weight excluding hydrogens is 248 g/mol. The molecule has 2 aromatic rings. The Morgan fingerprint density at radius 1 is 1.25 bits per heavy atom. The third-order valence-corrected chi connectivity index (χ3v) is 4.41. The number of benzene rings is 1. The molecule has 3 heteroatoms. The summed E-state index contributed by atoms with van der Waals surface area (Å²) in [6, 6.07) is 8.25. The van der Waals surface area contributed by atoms with E-state index in [1.54, 1.807) is 0 Å². The van der Waals surface area contributed by atoms with Crippen LogP contribution in [0.5, 0.6) is 0 Å². The lowest BCUT2D eigenvalue weighted by Gasteiger charge is -2.33. The fraction of sp³-hybridized carbons (Fsp3) is 0.471. The first-order valence-corrected chi connectivity index (χ1v) is 7.56. The van der Waals surface area contributed by atoms with E-state index in [0.29, 0.717) is 0 Å². The van der Waals surface area contributed by atoms with Gasteiger partial charge in [0, 0.05) is 30.2 Å². The van der Waals surface area contributed by atoms with E-state index < -0.39 is 0 Å². The maximum atomic E-state index is 9.46. The highest BCUT2D eigenvalue weighted by molar-refractivity contribution is 5.94. The second-order valence-corrected chi connectivity index (χ2v) is 5.65. The molecule has 0 radical (unpaired) electrons. The predicted molar refractivity (Wildman–Crippen MR) is 82.9 cm³/mol. The van der Waals surface area contributed by atoms with Crippen LogP contribution in [-0.4, -0.2) is 23.2 Å². The summed E-state index contributed by atoms with van der Waals surface area (Å²) >= 11 is 0. The minimum Gasteiger partial charge on any atom is -0.392 e. The molecule has 0 spiro atoms. The zero-order valence-corrected chi connectivity index (χ0v) is 12.0. The molecule has 0 atom stereocenters. The molecule has 0 bridgehead atoms. The predicted octanol–water partition coefficient (Wildman–Crippen LogP) is 3.35. The maximum Gasteiger partial charge on any atom is 0.136 e. The van der Waals surface area contributed by atoms with Crippen LogP contribution in [0.25, 0.3) is 10.8 Å². The van der Waals surface area contributed by atoms with Gasteiger partial charge < -0.3 is 10.0 Å². The van der Waals surface area contributed by atoms with Gasteiger partial charge in [-0.05, 0) is 31.1 Å². The number of aromatic nitrogens is 1. The van der Waals surface area contributed by atoms with E-state index >= 15 is 0 Å². The Hall–Kier alpha value is -1.61. The molecule has 1 aromatic heterocycles. The zero-order chi connectivity index (χ0) is 13.9. The molecule has 1 saturated carbocycles. The number of rotatable bonds is 5. The van der Waals surface area contributed by atoms with E-state index in [0.717, 1.165) is 41.2 Å². The van der Waals surface area contributed by atoms with Gasteiger partial charge in [0.15, 0.2) is 0 Å². The SMILES string of the molecule is CCN(CC1CCC1)c1ncc(CO)c2ccccc12. The summed E-state index contributed by atoms with van der Waals surface area (Å²) < 4.78 is 0. The summed E-state index contributed by atoms with van der Waals surface area (Å²) in [5, 5.41) is 11.7. The smallest absolute Gasteiger partial charge is 0.136 e. The molecule has 1 heterocycles. The molecule has 0 unspecified atom stereocenters. The van der Waals surface area contributed by atoms with Gasteiger partial charge in [-0.2, -0.15) is 0 Å². The number of fused-ring (bicyclic) bond motifs is 1. The molecule has 0 saturated heterocycles. The summed E-state index contributed by atoms with van der Waals surface area (Å²) in [7, 11) is 0. The van der Waals surface area contributed by atoms with Gasteiger partial charge in [-0.1, -0.05) is 30.7 Å². The third-order valence-electron chi connectivity index (χ3n) is 4.41. The van der Waals surface area contributed by atoms with Crippen LogP contribution in [0, 0.1) is 5.92 Å². The normalized spacial score (nSPS) is 15.3. The summed E-state index contributed by atoms with van der Waals surface area (Å²) in [4.78, 5) is 7.01. The zero-order valence-electron chi connectivity index (χ0n) is 12.0. The van der Waals surface area contributed by atoms with E-state index in [-0.39, 0.29) is 6.61 Å². The largest absolute Gasteiger partial charge is 0.392 e. The number of aliphatic hydroxyl groups is 1. The summed E-state index contributed by atoms with van der Waals surface area (Å²) in [6.07, 6.45) is 5.90. The van der Waals surface area contributed by atoms with Crippen LogP contribution in [0.15, 0.2) is 30.5 Å². The fourth-order valence-corrected chi connectivity index (χ4v) is 2.97. The van der Waals surface area contributed by atoms with Gasteiger partial charge in [-0.25, -0.2) is 4.98 Å². The van der Waals surface area contributed by atoms with Crippen molar-refractivity contribution in [3.8, 4) is 0 Å². The van der Waals surface area contributed by atoms with Gasteiger partial charge in [0.25, 0.3) is 0 Å². The topological polar surface area (TPSA) is 36.4 Å². The van der Waals surface area contributed by atoms with Crippen LogP contribution in [0.1, 0.15) is 31.7 Å². The Balaban J connectivity index is 2.00. The molecule has 1 N–H and O–H groups in total. The number of anilines is 1. The molecule has 20 heavy (non-hydrogen) atoms. The van der Waals surface area contributed by atoms with Gasteiger partial charge in [-0.15, -0.1) is 0 Å². The van der Waals surface area contributed by atoms with E-state index in [1.165, 1.54) is 19.3 Å². The number of aliphatic hydroxyl groups excluding tert-OH is 1. The Morgan fingerprint density at radius 3 is 2.60 bits per heavy atom. The lowest BCUT2D eigenvalue weighted by atomic mass is 9.85. The Morgan fingerprint density at radius 2 is 2.00 bits per heavy atom. The van der Waals surface area contributed by atoms with Crippen molar-refractivity contribution in [2.45, 2.75) is 32.8 Å². The lowest BCUT2D eigenvalue weighted by molar-refractivity contribution is 0.283. The first kappa shape index (κ1) is 13.4. The number of pyridine rings is 1. The highest BCUT2D eigenvalue weighted by Gasteiger charge is 2.22. The van der Waals surface area contributed by atoms with Crippen molar-refractivity contribution >= 4 is 16.6 Å². The molecule has 1 fully saturated rings. The fourth-order valence-electron chi connectivity index (χ4n) is 2.97. The third kappa shape index (κ3) is 2.38. The van der Waals surface area contributed by atoms with Gasteiger partial charge in [0.1, 0.15) is 5.82 Å². The van der Waals surface area contributed by atoms with Crippen LogP contribution in [0.2, 0.25) is 0 Å². The Bertz CT molecular complexity index is 593. The minimum atomic E-state index is 0.0442. The van der Waals surface area contributed by atoms with Crippen molar-refractivity contribution in [2.24, 2.45) is 5.92 Å². The quantitative estimate of drug-likeness (QED) is 0.905. The first-order chi connectivity index (χ1) is 9.83. The van der Waals surface area contributed by atoms with E-state index in [1.807, 2.05) is 18.3 Å². The van der Waals surface area contributed by atoms with Crippen LogP contribution < -0.4 is 4.90 Å². The molecule has 0 aliphatic heterocycles. The van der Waals surface area contributed by atoms with Crippen molar-refractivity contribution in [3.05, 3.63) is 36.0 Å². The van der Waals surface area contributed by atoms with Crippen molar-refractivity contribution in [1.29, 1.82) is 0 Å². The molecule has 3 nitrogen and oxygen atoms in total. The monoisotopic (exact) mass is 270 g/mol. The summed E-state index contributed by atoms with van der Waals surface area (Å²) in [5.74, 6) is 1.89. The average Bonchev–Trinajstić information content (AvgIpc) is 2.46. The molecule has 3 rings (SSSR count).